The molecule has 1 N–H and O–H groups in total. The maximum Gasteiger partial charge on any atom is 0.274 e. The molecule has 2 aromatic rings. The van der Waals surface area contributed by atoms with E-state index in [4.69, 9.17) is 4.74 Å². The standard InChI is InChI=1S/C7H8N4O2/c1-13-3-5-2-6(12)11-7(10-5)8-4-9-11/h2,4H,3H2,1H3,(H,8,9,10). The molecule has 13 heavy (non-hydrogen) atoms. The van der Waals surface area contributed by atoms with Crippen LogP contribution in [0.15, 0.2) is 17.2 Å². The minimum Gasteiger partial charge on any atom is -0.378 e. The fourth-order valence-electron chi connectivity index (χ4n) is 1.09. The van der Waals surface area contributed by atoms with E-state index in [1.54, 1.807) is 7.11 Å². The molecule has 2 heterocycles. The Bertz CT molecular complexity index is 473. The zero-order valence-electron chi connectivity index (χ0n) is 7.02. The minimum absolute atomic E-state index is 0.186. The van der Waals surface area contributed by atoms with E-state index in [2.05, 4.69) is 15.1 Å². The van der Waals surface area contributed by atoms with Crippen LogP contribution in [0.3, 0.4) is 0 Å². The highest BCUT2D eigenvalue weighted by Crippen LogP contribution is 1.94. The number of aromatic nitrogens is 4. The van der Waals surface area contributed by atoms with E-state index in [0.29, 0.717) is 18.1 Å². The smallest absolute Gasteiger partial charge is 0.274 e. The van der Waals surface area contributed by atoms with Gasteiger partial charge in [-0.15, -0.1) is 0 Å². The normalized spacial score (nSPS) is 10.8. The Morgan fingerprint density at radius 2 is 2.54 bits per heavy atom. The summed E-state index contributed by atoms with van der Waals surface area (Å²) >= 11 is 0. The van der Waals surface area contributed by atoms with Crippen molar-refractivity contribution in [1.82, 2.24) is 19.6 Å². The number of rotatable bonds is 2. The number of methoxy groups -OCH3 is 1. The molecule has 0 radical (unpaired) electrons. The third-order valence-corrected chi connectivity index (χ3v) is 1.61. The van der Waals surface area contributed by atoms with Crippen LogP contribution in [0.1, 0.15) is 5.69 Å². The molecule has 0 aromatic carbocycles. The van der Waals surface area contributed by atoms with Crippen molar-refractivity contribution in [2.45, 2.75) is 6.61 Å². The predicted molar refractivity (Wildman–Crippen MR) is 44.3 cm³/mol. The van der Waals surface area contributed by atoms with Gasteiger partial charge < -0.3 is 4.74 Å². The number of ether oxygens (including phenoxy) is 1. The van der Waals surface area contributed by atoms with Crippen LogP contribution in [0.5, 0.6) is 0 Å². The first-order valence-corrected chi connectivity index (χ1v) is 3.72. The molecule has 68 valence electrons. The maximum atomic E-state index is 11.3. The highest BCUT2D eigenvalue weighted by Gasteiger charge is 2.02. The summed E-state index contributed by atoms with van der Waals surface area (Å²) in [6, 6.07) is 1.41. The molecule has 0 aliphatic carbocycles. The van der Waals surface area contributed by atoms with Crippen molar-refractivity contribution < 1.29 is 4.74 Å². The lowest BCUT2D eigenvalue weighted by Crippen LogP contribution is -2.15. The molecule has 0 unspecified atom stereocenters. The van der Waals surface area contributed by atoms with Gasteiger partial charge in [0.1, 0.15) is 6.33 Å². The van der Waals surface area contributed by atoms with Crippen molar-refractivity contribution in [3.8, 4) is 0 Å². The van der Waals surface area contributed by atoms with Crippen molar-refractivity contribution >= 4 is 5.78 Å². The molecule has 0 amide bonds. The Labute approximate surface area is 73.2 Å². The second kappa shape index (κ2) is 2.98. The van der Waals surface area contributed by atoms with E-state index < -0.39 is 0 Å². The fraction of sp³-hybridized carbons (Fsp3) is 0.286. The summed E-state index contributed by atoms with van der Waals surface area (Å²) in [4.78, 5) is 19.3. The monoisotopic (exact) mass is 180 g/mol. The molecule has 0 spiro atoms. The molecular weight excluding hydrogens is 172 g/mol. The van der Waals surface area contributed by atoms with Crippen LogP contribution in [-0.4, -0.2) is 26.7 Å². The molecule has 6 heteroatoms. The highest BCUT2D eigenvalue weighted by atomic mass is 16.5. The number of nitrogens with zero attached hydrogens (tertiary/aromatic N) is 3. The van der Waals surface area contributed by atoms with Crippen LogP contribution in [0.4, 0.5) is 0 Å². The molecule has 0 aliphatic heterocycles. The number of hydrogen-bond acceptors (Lipinski definition) is 4. The third kappa shape index (κ3) is 1.31. The molecule has 0 fully saturated rings. The number of aromatic amines is 1. The van der Waals surface area contributed by atoms with Gasteiger partial charge in [-0.05, 0) is 0 Å². The minimum atomic E-state index is -0.186. The number of fused-ring (bicyclic) bond motifs is 1. The van der Waals surface area contributed by atoms with Crippen molar-refractivity contribution in [2.24, 2.45) is 0 Å². The molecule has 0 atom stereocenters. The summed E-state index contributed by atoms with van der Waals surface area (Å²) in [6.07, 6.45) is 1.42. The first-order chi connectivity index (χ1) is 6.31. The molecule has 6 nitrogen and oxygen atoms in total. The second-order valence-corrected chi connectivity index (χ2v) is 2.54. The molecular formula is C7H8N4O2. The second-order valence-electron chi connectivity index (χ2n) is 2.54. The molecule has 2 rings (SSSR count). The first-order valence-electron chi connectivity index (χ1n) is 3.72. The topological polar surface area (TPSA) is 72.3 Å². The summed E-state index contributed by atoms with van der Waals surface area (Å²) in [7, 11) is 1.55. The van der Waals surface area contributed by atoms with Crippen LogP contribution in [-0.2, 0) is 11.3 Å². The predicted octanol–water partition coefficient (Wildman–Crippen LogP) is -0.436. The van der Waals surface area contributed by atoms with Crippen LogP contribution in [0.2, 0.25) is 0 Å². The Balaban J connectivity index is 2.63. The van der Waals surface area contributed by atoms with E-state index >= 15 is 0 Å². The summed E-state index contributed by atoms with van der Waals surface area (Å²) in [6.45, 7) is 0.318. The lowest BCUT2D eigenvalue weighted by Gasteiger charge is -1.97. The Hall–Kier alpha value is -1.69. The van der Waals surface area contributed by atoms with Gasteiger partial charge in [0.2, 0.25) is 0 Å². The average molecular weight is 180 g/mol. The first kappa shape index (κ1) is 7.93. The summed E-state index contributed by atoms with van der Waals surface area (Å²) in [5, 5.41) is 2.65. The van der Waals surface area contributed by atoms with E-state index in [1.807, 2.05) is 0 Å². The van der Waals surface area contributed by atoms with Crippen molar-refractivity contribution in [3.63, 3.8) is 0 Å². The maximum absolute atomic E-state index is 11.3. The van der Waals surface area contributed by atoms with Gasteiger partial charge >= 0.3 is 0 Å². The number of H-pyrrole nitrogens is 1. The van der Waals surface area contributed by atoms with E-state index in [-0.39, 0.29) is 5.56 Å². The van der Waals surface area contributed by atoms with Crippen molar-refractivity contribution in [1.29, 1.82) is 0 Å². The Morgan fingerprint density at radius 3 is 3.31 bits per heavy atom. The Morgan fingerprint density at radius 1 is 1.69 bits per heavy atom. The van der Waals surface area contributed by atoms with Gasteiger partial charge in [0.15, 0.2) is 0 Å². The van der Waals surface area contributed by atoms with E-state index in [9.17, 15) is 4.79 Å². The van der Waals surface area contributed by atoms with Crippen LogP contribution >= 0.6 is 0 Å². The van der Waals surface area contributed by atoms with Gasteiger partial charge in [0.05, 0.1) is 12.3 Å². The molecule has 2 aromatic heterocycles. The molecule has 0 bridgehead atoms. The number of nitrogens with one attached hydrogen (secondary N) is 1. The van der Waals surface area contributed by atoms with Gasteiger partial charge in [-0.3, -0.25) is 9.89 Å². The van der Waals surface area contributed by atoms with E-state index in [0.717, 1.165) is 0 Å². The summed E-state index contributed by atoms with van der Waals surface area (Å²) in [5.74, 6) is 0.361. The van der Waals surface area contributed by atoms with Gasteiger partial charge in [-0.1, -0.05) is 0 Å². The average Bonchev–Trinajstić information content (AvgIpc) is 2.53. The van der Waals surface area contributed by atoms with E-state index in [1.165, 1.54) is 16.9 Å². The zero-order chi connectivity index (χ0) is 9.26. The zero-order valence-corrected chi connectivity index (χ0v) is 7.02. The molecule has 0 saturated carbocycles. The SMILES string of the molecule is COCc1cc(=O)n2[nH]cnc2n1. The van der Waals surface area contributed by atoms with Gasteiger partial charge in [0.25, 0.3) is 11.3 Å². The summed E-state index contributed by atoms with van der Waals surface area (Å²) < 4.78 is 6.12. The third-order valence-electron chi connectivity index (χ3n) is 1.61. The van der Waals surface area contributed by atoms with Gasteiger partial charge in [-0.2, -0.15) is 4.52 Å². The lowest BCUT2D eigenvalue weighted by atomic mass is 10.4. The lowest BCUT2D eigenvalue weighted by molar-refractivity contribution is 0.181. The van der Waals surface area contributed by atoms with Crippen LogP contribution in [0.25, 0.3) is 5.78 Å². The van der Waals surface area contributed by atoms with Crippen molar-refractivity contribution in [2.75, 3.05) is 7.11 Å². The fourth-order valence-corrected chi connectivity index (χ4v) is 1.09. The van der Waals surface area contributed by atoms with Gasteiger partial charge in [0, 0.05) is 13.2 Å². The van der Waals surface area contributed by atoms with Crippen LogP contribution < -0.4 is 5.56 Å². The quantitative estimate of drug-likeness (QED) is 0.680. The summed E-state index contributed by atoms with van der Waals surface area (Å²) in [5.41, 5.74) is 0.397. The van der Waals surface area contributed by atoms with Crippen LogP contribution in [0, 0.1) is 0 Å². The number of hydrogen-bond donors (Lipinski definition) is 1. The molecule has 0 aliphatic rings. The van der Waals surface area contributed by atoms with Gasteiger partial charge in [-0.25, -0.2) is 9.97 Å². The van der Waals surface area contributed by atoms with Crippen molar-refractivity contribution in [3.05, 3.63) is 28.4 Å². The molecule has 0 saturated heterocycles. The Kier molecular flexibility index (Phi) is 1.82. The largest absolute Gasteiger partial charge is 0.378 e. The highest BCUT2D eigenvalue weighted by molar-refractivity contribution is 5.25.